The molecule has 144 valence electrons. The van der Waals surface area contributed by atoms with Gasteiger partial charge in [0.05, 0.1) is 6.54 Å². The summed E-state index contributed by atoms with van der Waals surface area (Å²) in [4.78, 5) is 7.30. The number of hydrogen-bond donors (Lipinski definition) is 2. The Bertz CT molecular complexity index is 556. The van der Waals surface area contributed by atoms with E-state index < -0.39 is 0 Å². The molecule has 1 unspecified atom stereocenters. The molecular formula is C21H34N4O. The second-order valence-corrected chi connectivity index (χ2v) is 7.36. The number of para-hydroxylation sites is 1. The van der Waals surface area contributed by atoms with Gasteiger partial charge in [0.1, 0.15) is 11.9 Å². The van der Waals surface area contributed by atoms with Crippen LogP contribution in [0.4, 0.5) is 0 Å². The van der Waals surface area contributed by atoms with E-state index in [0.29, 0.717) is 6.54 Å². The van der Waals surface area contributed by atoms with Crippen molar-refractivity contribution in [2.75, 3.05) is 39.3 Å². The summed E-state index contributed by atoms with van der Waals surface area (Å²) in [6.45, 7) is 10.6. The molecule has 0 amide bonds. The van der Waals surface area contributed by atoms with Crippen LogP contribution in [0.3, 0.4) is 0 Å². The zero-order chi connectivity index (χ0) is 18.2. The summed E-state index contributed by atoms with van der Waals surface area (Å²) in [5.74, 6) is 2.78. The molecular weight excluding hydrogens is 324 g/mol. The van der Waals surface area contributed by atoms with Gasteiger partial charge in [-0.1, -0.05) is 25.1 Å². The van der Waals surface area contributed by atoms with Gasteiger partial charge >= 0.3 is 0 Å². The summed E-state index contributed by atoms with van der Waals surface area (Å²) in [7, 11) is 0. The van der Waals surface area contributed by atoms with Gasteiger partial charge in [-0.3, -0.25) is 0 Å². The first-order chi connectivity index (χ1) is 12.8. The molecule has 1 atom stereocenters. The number of nitrogens with one attached hydrogen (secondary N) is 2. The average molecular weight is 359 g/mol. The van der Waals surface area contributed by atoms with Crippen molar-refractivity contribution in [3.8, 4) is 5.75 Å². The fourth-order valence-electron chi connectivity index (χ4n) is 3.88. The first-order valence-corrected chi connectivity index (χ1v) is 10.3. The zero-order valence-electron chi connectivity index (χ0n) is 16.3. The van der Waals surface area contributed by atoms with Gasteiger partial charge in [0.25, 0.3) is 0 Å². The highest BCUT2D eigenvalue weighted by Gasteiger charge is 2.22. The molecule has 1 saturated heterocycles. The normalized spacial score (nSPS) is 21.3. The molecule has 5 nitrogen and oxygen atoms in total. The summed E-state index contributed by atoms with van der Waals surface area (Å²) < 4.78 is 5.99. The third-order valence-corrected chi connectivity index (χ3v) is 5.51. The van der Waals surface area contributed by atoms with Crippen LogP contribution in [0.1, 0.15) is 38.7 Å². The maximum absolute atomic E-state index is 5.99. The van der Waals surface area contributed by atoms with Gasteiger partial charge in [-0.15, -0.1) is 0 Å². The van der Waals surface area contributed by atoms with E-state index in [-0.39, 0.29) is 6.10 Å². The van der Waals surface area contributed by atoms with Crippen molar-refractivity contribution in [1.82, 2.24) is 15.5 Å². The number of guanidine groups is 1. The molecule has 2 aliphatic rings. The molecule has 0 aromatic heterocycles. The Kier molecular flexibility index (Phi) is 7.18. The van der Waals surface area contributed by atoms with Crippen LogP contribution in [0.5, 0.6) is 5.75 Å². The Morgan fingerprint density at radius 3 is 2.73 bits per heavy atom. The first kappa shape index (κ1) is 19.0. The lowest BCUT2D eigenvalue weighted by Crippen LogP contribution is -2.40. The number of ether oxygens (including phenoxy) is 1. The van der Waals surface area contributed by atoms with E-state index in [0.717, 1.165) is 37.1 Å². The number of likely N-dealkylation sites (tertiary alicyclic amines) is 1. The van der Waals surface area contributed by atoms with Crippen molar-refractivity contribution < 1.29 is 4.74 Å². The Labute approximate surface area is 158 Å². The summed E-state index contributed by atoms with van der Waals surface area (Å²) in [5.41, 5.74) is 1.30. The van der Waals surface area contributed by atoms with Crippen molar-refractivity contribution in [1.29, 1.82) is 0 Å². The van der Waals surface area contributed by atoms with Crippen LogP contribution in [0, 0.1) is 5.92 Å². The largest absolute Gasteiger partial charge is 0.488 e. The molecule has 1 aromatic carbocycles. The van der Waals surface area contributed by atoms with Crippen molar-refractivity contribution in [3.05, 3.63) is 29.8 Å². The Balaban J connectivity index is 1.40. The van der Waals surface area contributed by atoms with Crippen LogP contribution >= 0.6 is 0 Å². The van der Waals surface area contributed by atoms with Gasteiger partial charge in [0, 0.05) is 19.5 Å². The van der Waals surface area contributed by atoms with Crippen molar-refractivity contribution in [2.45, 2.75) is 45.6 Å². The molecule has 2 heterocycles. The number of nitrogens with zero attached hydrogens (tertiary/aromatic N) is 2. The lowest BCUT2D eigenvalue weighted by Gasteiger charge is -2.31. The molecule has 2 N–H and O–H groups in total. The van der Waals surface area contributed by atoms with Crippen LogP contribution in [-0.2, 0) is 6.42 Å². The Hall–Kier alpha value is -1.75. The van der Waals surface area contributed by atoms with Crippen LogP contribution in [0.15, 0.2) is 29.3 Å². The second kappa shape index (κ2) is 9.81. The molecule has 1 aromatic rings. The highest BCUT2D eigenvalue weighted by atomic mass is 16.5. The third-order valence-electron chi connectivity index (χ3n) is 5.51. The summed E-state index contributed by atoms with van der Waals surface area (Å²) in [5, 5.41) is 6.86. The van der Waals surface area contributed by atoms with Gasteiger partial charge in [-0.25, -0.2) is 4.99 Å². The van der Waals surface area contributed by atoms with E-state index in [1.54, 1.807) is 0 Å². The van der Waals surface area contributed by atoms with E-state index >= 15 is 0 Å². The van der Waals surface area contributed by atoms with Crippen molar-refractivity contribution in [2.24, 2.45) is 10.9 Å². The summed E-state index contributed by atoms with van der Waals surface area (Å²) in [6, 6.07) is 8.30. The predicted molar refractivity (Wildman–Crippen MR) is 108 cm³/mol. The van der Waals surface area contributed by atoms with Gasteiger partial charge in [-0.05, 0) is 63.4 Å². The molecule has 2 aliphatic heterocycles. The van der Waals surface area contributed by atoms with E-state index in [4.69, 9.17) is 9.73 Å². The second-order valence-electron chi connectivity index (χ2n) is 7.36. The summed E-state index contributed by atoms with van der Waals surface area (Å²) >= 11 is 0. The Morgan fingerprint density at radius 2 is 2.00 bits per heavy atom. The molecule has 26 heavy (non-hydrogen) atoms. The van der Waals surface area contributed by atoms with E-state index in [2.05, 4.69) is 41.5 Å². The molecule has 0 bridgehead atoms. The maximum Gasteiger partial charge on any atom is 0.191 e. The molecule has 1 fully saturated rings. The van der Waals surface area contributed by atoms with E-state index in [1.807, 2.05) is 12.1 Å². The molecule has 0 aliphatic carbocycles. The topological polar surface area (TPSA) is 48.9 Å². The predicted octanol–water partition coefficient (Wildman–Crippen LogP) is 2.67. The lowest BCUT2D eigenvalue weighted by atomic mass is 9.93. The lowest BCUT2D eigenvalue weighted by molar-refractivity contribution is 0.187. The molecule has 5 heteroatoms. The highest BCUT2D eigenvalue weighted by Crippen LogP contribution is 2.28. The highest BCUT2D eigenvalue weighted by molar-refractivity contribution is 5.79. The quantitative estimate of drug-likeness (QED) is 0.581. The molecule has 3 rings (SSSR count). The standard InChI is InChI=1S/C21H34N4O/c1-3-22-21(23-12-9-17-10-13-25(4-2)14-11-17)24-16-19-15-18-7-5-6-8-20(18)26-19/h5-8,17,19H,3-4,9-16H2,1-2H3,(H2,22,23,24). The molecule has 0 radical (unpaired) electrons. The van der Waals surface area contributed by atoms with Gasteiger partial charge in [0.2, 0.25) is 0 Å². The summed E-state index contributed by atoms with van der Waals surface area (Å²) in [6.07, 6.45) is 5.00. The van der Waals surface area contributed by atoms with Crippen molar-refractivity contribution >= 4 is 5.96 Å². The minimum atomic E-state index is 0.154. The smallest absolute Gasteiger partial charge is 0.191 e. The average Bonchev–Trinajstić information content (AvgIpc) is 3.09. The van der Waals surface area contributed by atoms with Crippen LogP contribution in [0.2, 0.25) is 0 Å². The van der Waals surface area contributed by atoms with Gasteiger partial charge in [-0.2, -0.15) is 0 Å². The van der Waals surface area contributed by atoms with Gasteiger partial charge < -0.3 is 20.3 Å². The number of benzene rings is 1. The Morgan fingerprint density at radius 1 is 1.19 bits per heavy atom. The number of fused-ring (bicyclic) bond motifs is 1. The van der Waals surface area contributed by atoms with Crippen LogP contribution < -0.4 is 15.4 Å². The monoisotopic (exact) mass is 358 g/mol. The minimum Gasteiger partial charge on any atom is -0.488 e. The van der Waals surface area contributed by atoms with Crippen LogP contribution in [-0.4, -0.2) is 56.2 Å². The first-order valence-electron chi connectivity index (χ1n) is 10.3. The minimum absolute atomic E-state index is 0.154. The molecule has 0 saturated carbocycles. The van der Waals surface area contributed by atoms with Gasteiger partial charge in [0.15, 0.2) is 5.96 Å². The SMILES string of the molecule is CCNC(=NCC1Cc2ccccc2O1)NCCC1CCN(CC)CC1. The van der Waals surface area contributed by atoms with E-state index in [9.17, 15) is 0 Å². The fraction of sp³-hybridized carbons (Fsp3) is 0.667. The van der Waals surface area contributed by atoms with Crippen LogP contribution in [0.25, 0.3) is 0 Å². The van der Waals surface area contributed by atoms with Crippen molar-refractivity contribution in [3.63, 3.8) is 0 Å². The fourth-order valence-corrected chi connectivity index (χ4v) is 3.88. The number of hydrogen-bond acceptors (Lipinski definition) is 3. The third kappa shape index (κ3) is 5.37. The molecule has 0 spiro atoms. The number of rotatable bonds is 7. The van der Waals surface area contributed by atoms with E-state index in [1.165, 1.54) is 44.5 Å². The zero-order valence-corrected chi connectivity index (χ0v) is 16.3. The number of aliphatic imine (C=N–C) groups is 1. The maximum atomic E-state index is 5.99. The number of piperidine rings is 1.